The van der Waals surface area contributed by atoms with E-state index in [1.165, 1.54) is 49.0 Å². The third-order valence-corrected chi connectivity index (χ3v) is 12.9. The largest absolute Gasteiger partial charge is 0.510 e. The SMILES string of the molecule is Cn1c2ccccc2c2c3c4ccc(Oc5[c-]c(-[n+]6[c-]n(-c7c(-c8ccccc8)cccc7-c7ccccc7)cc6)ccc5)[c-]c4n(-c4ccccn4)c3c3c4ccccc4n(C)c3c21.[Pt]. The van der Waals surface area contributed by atoms with Crippen molar-refractivity contribution in [3.63, 3.8) is 0 Å². The summed E-state index contributed by atoms with van der Waals surface area (Å²) in [7, 11) is 4.37. The van der Waals surface area contributed by atoms with Gasteiger partial charge in [0.2, 0.25) is 0 Å². The number of hydrogen-bond acceptors (Lipinski definition) is 2. The van der Waals surface area contributed by atoms with Crippen LogP contribution in [-0.2, 0) is 35.2 Å². The normalized spacial score (nSPS) is 11.7. The molecule has 0 amide bonds. The predicted molar refractivity (Wildman–Crippen MR) is 261 cm³/mol. The maximum Gasteiger partial charge on any atom is 0.267 e. The average molecular weight is 1030 g/mol. The van der Waals surface area contributed by atoms with Gasteiger partial charge < -0.3 is 23.0 Å². The van der Waals surface area contributed by atoms with E-state index in [-0.39, 0.29) is 21.1 Å². The van der Waals surface area contributed by atoms with Gasteiger partial charge in [-0.05, 0) is 57.6 Å². The number of pyridine rings is 1. The molecule has 0 bridgehead atoms. The Hall–Kier alpha value is -7.99. The molecule has 0 N–H and O–H groups in total. The van der Waals surface area contributed by atoms with Crippen LogP contribution in [-0.4, -0.2) is 23.3 Å². The first kappa shape index (κ1) is 39.6. The standard InChI is InChI=1S/C58H38N6O.Pt/c1-60-48-27-11-9-23-45(48)53-52-47-31-30-42(36-50(47)64(51-29-13-14-32-59-51)56(52)54-46-24-10-12-28-49(46)61(2)58(54)57(53)60)65-41-22-15-21-40(35-41)62-33-34-63(37-62)55-43(38-17-5-3-6-18-38)25-16-26-44(55)39-19-7-4-8-20-39;/h3-34H,1-2H3;/q-2;. The van der Waals surface area contributed by atoms with Crippen molar-refractivity contribution < 1.29 is 30.4 Å². The minimum absolute atomic E-state index is 0. The Bertz CT molecular complexity index is 3940. The number of benzene rings is 8. The Morgan fingerprint density at radius 1 is 0.515 bits per heavy atom. The zero-order valence-electron chi connectivity index (χ0n) is 35.9. The molecule has 0 radical (unpaired) electrons. The molecule has 0 aliphatic heterocycles. The van der Waals surface area contributed by atoms with Gasteiger partial charge in [-0.2, -0.15) is 18.2 Å². The Morgan fingerprint density at radius 3 is 1.79 bits per heavy atom. The summed E-state index contributed by atoms with van der Waals surface area (Å²) in [6, 6.07) is 68.4. The summed E-state index contributed by atoms with van der Waals surface area (Å²) in [6.07, 6.45) is 9.52. The van der Waals surface area contributed by atoms with Crippen molar-refractivity contribution >= 4 is 65.4 Å². The van der Waals surface area contributed by atoms with E-state index >= 15 is 0 Å². The topological polar surface area (TPSA) is 45.7 Å². The van der Waals surface area contributed by atoms with Crippen molar-refractivity contribution in [2.24, 2.45) is 14.1 Å². The number of aryl methyl sites for hydroxylation is 2. The maximum absolute atomic E-state index is 6.72. The first-order valence-electron chi connectivity index (χ1n) is 21.8. The first-order valence-corrected chi connectivity index (χ1v) is 21.8. The first-order chi connectivity index (χ1) is 32.1. The van der Waals surface area contributed by atoms with E-state index in [1.807, 2.05) is 71.7 Å². The molecule has 13 rings (SSSR count). The van der Waals surface area contributed by atoms with Crippen LogP contribution in [0.15, 0.2) is 195 Å². The fourth-order valence-corrected chi connectivity index (χ4v) is 10.1. The van der Waals surface area contributed by atoms with E-state index < -0.39 is 0 Å². The molecule has 0 fully saturated rings. The molecule has 13 aromatic rings. The molecule has 0 saturated heterocycles. The van der Waals surface area contributed by atoms with E-state index in [0.29, 0.717) is 11.5 Å². The van der Waals surface area contributed by atoms with Gasteiger partial charge in [0.15, 0.2) is 0 Å². The molecule has 0 aliphatic rings. The van der Waals surface area contributed by atoms with Crippen LogP contribution in [0.25, 0.3) is 105 Å². The molecule has 5 aromatic heterocycles. The third-order valence-electron chi connectivity index (χ3n) is 12.9. The zero-order valence-corrected chi connectivity index (χ0v) is 38.2. The fourth-order valence-electron chi connectivity index (χ4n) is 10.1. The molecule has 0 atom stereocenters. The number of fused-ring (bicyclic) bond motifs is 12. The van der Waals surface area contributed by atoms with Crippen LogP contribution in [0.5, 0.6) is 11.5 Å². The number of ether oxygens (including phenoxy) is 1. The van der Waals surface area contributed by atoms with Gasteiger partial charge in [-0.25, -0.2) is 4.98 Å². The van der Waals surface area contributed by atoms with Gasteiger partial charge in [-0.1, -0.05) is 127 Å². The van der Waals surface area contributed by atoms with Crippen molar-refractivity contribution in [1.29, 1.82) is 0 Å². The van der Waals surface area contributed by atoms with E-state index in [4.69, 9.17) is 9.72 Å². The molecule has 7 nitrogen and oxygen atoms in total. The van der Waals surface area contributed by atoms with Gasteiger partial charge in [0, 0.05) is 97.8 Å². The summed E-state index contributed by atoms with van der Waals surface area (Å²) in [5, 5.41) is 7.02. The van der Waals surface area contributed by atoms with Crippen LogP contribution in [0, 0.1) is 18.5 Å². The molecule has 8 aromatic carbocycles. The monoisotopic (exact) mass is 1030 g/mol. The smallest absolute Gasteiger partial charge is 0.267 e. The van der Waals surface area contributed by atoms with Crippen LogP contribution >= 0.6 is 0 Å². The van der Waals surface area contributed by atoms with Gasteiger partial charge in [0.05, 0.1) is 22.2 Å². The van der Waals surface area contributed by atoms with Gasteiger partial charge in [0.1, 0.15) is 5.82 Å². The van der Waals surface area contributed by atoms with Crippen LogP contribution in [0.4, 0.5) is 0 Å². The Labute approximate surface area is 394 Å². The molecule has 0 saturated carbocycles. The maximum atomic E-state index is 6.72. The summed E-state index contributed by atoms with van der Waals surface area (Å²) >= 11 is 0. The molecule has 0 aliphatic carbocycles. The van der Waals surface area contributed by atoms with Crippen molar-refractivity contribution in [3.8, 4) is 50.9 Å². The second-order valence-corrected chi connectivity index (χ2v) is 16.5. The van der Waals surface area contributed by atoms with Gasteiger partial charge in [-0.3, -0.25) is 4.57 Å². The number of imidazole rings is 1. The molecule has 0 unspecified atom stereocenters. The fraction of sp³-hybridized carbons (Fsp3) is 0.0345. The second-order valence-electron chi connectivity index (χ2n) is 16.5. The number of aromatic nitrogens is 6. The molecule has 5 heterocycles. The summed E-state index contributed by atoms with van der Waals surface area (Å²) in [4.78, 5) is 4.97. The molecule has 0 spiro atoms. The summed E-state index contributed by atoms with van der Waals surface area (Å²) in [5.74, 6) is 1.95. The number of para-hydroxylation sites is 3. The van der Waals surface area contributed by atoms with Crippen LogP contribution in [0.2, 0.25) is 0 Å². The average Bonchev–Trinajstić information content (AvgIpc) is 4.13. The quantitative estimate of drug-likeness (QED) is 0.118. The number of nitrogens with zero attached hydrogens (tertiary/aromatic N) is 6. The number of hydrogen-bond donors (Lipinski definition) is 0. The van der Waals surface area contributed by atoms with Crippen LogP contribution in [0.1, 0.15) is 0 Å². The predicted octanol–water partition coefficient (Wildman–Crippen LogP) is 13.1. The van der Waals surface area contributed by atoms with E-state index in [0.717, 1.165) is 55.9 Å². The van der Waals surface area contributed by atoms with Crippen LogP contribution < -0.4 is 9.30 Å². The Morgan fingerprint density at radius 2 is 1.11 bits per heavy atom. The third kappa shape index (κ3) is 6.00. The summed E-state index contributed by atoms with van der Waals surface area (Å²) < 4.78 is 17.7. The Kier molecular flexibility index (Phi) is 9.37. The minimum Gasteiger partial charge on any atom is -0.510 e. The van der Waals surface area contributed by atoms with Crippen molar-refractivity contribution in [2.45, 2.75) is 0 Å². The van der Waals surface area contributed by atoms with E-state index in [9.17, 15) is 0 Å². The van der Waals surface area contributed by atoms with Crippen molar-refractivity contribution in [2.75, 3.05) is 0 Å². The zero-order chi connectivity index (χ0) is 43.2. The summed E-state index contributed by atoms with van der Waals surface area (Å²) in [5.41, 5.74) is 13.0. The molecule has 318 valence electrons. The molecular weight excluding hydrogens is 992 g/mol. The second kappa shape index (κ2) is 15.6. The van der Waals surface area contributed by atoms with Gasteiger partial charge >= 0.3 is 0 Å². The number of rotatable bonds is 7. The minimum atomic E-state index is 0. The van der Waals surface area contributed by atoms with Crippen molar-refractivity contribution in [3.05, 3.63) is 213 Å². The van der Waals surface area contributed by atoms with E-state index in [2.05, 4.69) is 178 Å². The summed E-state index contributed by atoms with van der Waals surface area (Å²) in [6.45, 7) is 0. The van der Waals surface area contributed by atoms with E-state index in [1.54, 1.807) is 0 Å². The molecule has 8 heteroatoms. The van der Waals surface area contributed by atoms with Crippen LogP contribution in [0.3, 0.4) is 0 Å². The molecule has 66 heavy (non-hydrogen) atoms. The van der Waals surface area contributed by atoms with Gasteiger partial charge in [-0.15, -0.1) is 29.7 Å². The molecular formula is C58H38N6OPt-2. The Balaban J connectivity index is 0.00000456. The van der Waals surface area contributed by atoms with Gasteiger partial charge in [0.25, 0.3) is 6.33 Å². The van der Waals surface area contributed by atoms with Crippen molar-refractivity contribution in [1.82, 2.24) is 23.3 Å².